The third-order valence-electron chi connectivity index (χ3n) is 3.08. The molecular formula is C16H9FO4. The lowest BCUT2D eigenvalue weighted by atomic mass is 10.1. The molecule has 4 nitrogen and oxygen atoms in total. The van der Waals surface area contributed by atoms with Crippen molar-refractivity contribution in [3.63, 3.8) is 0 Å². The maximum absolute atomic E-state index is 13.1. The van der Waals surface area contributed by atoms with Crippen molar-refractivity contribution in [3.05, 3.63) is 70.1 Å². The molecule has 3 aromatic rings. The van der Waals surface area contributed by atoms with Crippen LogP contribution in [0.1, 0.15) is 10.4 Å². The SMILES string of the molecule is O=C(O)c1cccc(-c2cc(=O)c3cc(F)ccc3o2)c1. The van der Waals surface area contributed by atoms with E-state index >= 15 is 0 Å². The van der Waals surface area contributed by atoms with Crippen molar-refractivity contribution in [1.82, 2.24) is 0 Å². The molecule has 104 valence electrons. The highest BCUT2D eigenvalue weighted by atomic mass is 19.1. The van der Waals surface area contributed by atoms with Gasteiger partial charge >= 0.3 is 5.97 Å². The van der Waals surface area contributed by atoms with E-state index in [2.05, 4.69) is 0 Å². The Balaban J connectivity index is 2.22. The zero-order valence-electron chi connectivity index (χ0n) is 10.7. The summed E-state index contributed by atoms with van der Waals surface area (Å²) in [6.45, 7) is 0. The van der Waals surface area contributed by atoms with Crippen molar-refractivity contribution < 1.29 is 18.7 Å². The average molecular weight is 284 g/mol. The number of aromatic carboxylic acids is 1. The largest absolute Gasteiger partial charge is 0.478 e. The third-order valence-corrected chi connectivity index (χ3v) is 3.08. The fraction of sp³-hybridized carbons (Fsp3) is 0. The molecule has 0 aliphatic rings. The van der Waals surface area contributed by atoms with Gasteiger partial charge in [-0.25, -0.2) is 9.18 Å². The molecule has 0 unspecified atom stereocenters. The minimum absolute atomic E-state index is 0.0920. The van der Waals surface area contributed by atoms with Crippen molar-refractivity contribution in [1.29, 1.82) is 0 Å². The predicted octanol–water partition coefficient (Wildman–Crippen LogP) is 3.30. The molecule has 1 heterocycles. The molecular weight excluding hydrogens is 275 g/mol. The van der Waals surface area contributed by atoms with E-state index in [4.69, 9.17) is 9.52 Å². The summed E-state index contributed by atoms with van der Waals surface area (Å²) >= 11 is 0. The number of fused-ring (bicyclic) bond motifs is 1. The van der Waals surface area contributed by atoms with Crippen molar-refractivity contribution in [2.75, 3.05) is 0 Å². The minimum atomic E-state index is -1.07. The summed E-state index contributed by atoms with van der Waals surface area (Å²) in [5, 5.41) is 9.13. The Kier molecular flexibility index (Phi) is 3.02. The zero-order chi connectivity index (χ0) is 15.0. The van der Waals surface area contributed by atoms with Gasteiger partial charge in [-0.3, -0.25) is 4.79 Å². The summed E-state index contributed by atoms with van der Waals surface area (Å²) in [7, 11) is 0. The Hall–Kier alpha value is -2.95. The van der Waals surface area contributed by atoms with Crippen LogP contribution in [0.25, 0.3) is 22.3 Å². The molecule has 0 aliphatic carbocycles. The molecule has 0 aliphatic heterocycles. The first-order valence-electron chi connectivity index (χ1n) is 6.12. The molecule has 2 aromatic carbocycles. The lowest BCUT2D eigenvalue weighted by molar-refractivity contribution is 0.0697. The first kappa shape index (κ1) is 13.1. The molecule has 1 N–H and O–H groups in total. The van der Waals surface area contributed by atoms with Crippen LogP contribution in [0.4, 0.5) is 4.39 Å². The molecule has 0 amide bonds. The summed E-state index contributed by atoms with van der Waals surface area (Å²) in [6.07, 6.45) is 0. The van der Waals surface area contributed by atoms with Gasteiger partial charge in [0.1, 0.15) is 17.2 Å². The van der Waals surface area contributed by atoms with Crippen molar-refractivity contribution in [2.45, 2.75) is 0 Å². The number of hydrogen-bond donors (Lipinski definition) is 1. The number of carbonyl (C=O) groups is 1. The number of rotatable bonds is 2. The molecule has 3 rings (SSSR count). The maximum atomic E-state index is 13.1. The third kappa shape index (κ3) is 2.41. The number of benzene rings is 2. The highest BCUT2D eigenvalue weighted by Gasteiger charge is 2.10. The molecule has 0 atom stereocenters. The van der Waals surface area contributed by atoms with Crippen molar-refractivity contribution in [3.8, 4) is 11.3 Å². The van der Waals surface area contributed by atoms with E-state index in [0.29, 0.717) is 5.56 Å². The van der Waals surface area contributed by atoms with Crippen LogP contribution in [0.3, 0.4) is 0 Å². The van der Waals surface area contributed by atoms with Gasteiger partial charge in [-0.2, -0.15) is 0 Å². The molecule has 0 saturated carbocycles. The summed E-state index contributed by atoms with van der Waals surface area (Å²) < 4.78 is 18.7. The van der Waals surface area contributed by atoms with Crippen LogP contribution in [0.5, 0.6) is 0 Å². The quantitative estimate of drug-likeness (QED) is 0.784. The Bertz CT molecular complexity index is 912. The lowest BCUT2D eigenvalue weighted by Crippen LogP contribution is -2.01. The van der Waals surface area contributed by atoms with E-state index in [1.54, 1.807) is 12.1 Å². The smallest absolute Gasteiger partial charge is 0.335 e. The summed E-state index contributed by atoms with van der Waals surface area (Å²) in [4.78, 5) is 23.0. The van der Waals surface area contributed by atoms with Crippen molar-refractivity contribution >= 4 is 16.9 Å². The first-order valence-corrected chi connectivity index (χ1v) is 6.12. The van der Waals surface area contributed by atoms with Gasteiger partial charge < -0.3 is 9.52 Å². The second-order valence-electron chi connectivity index (χ2n) is 4.50. The molecule has 21 heavy (non-hydrogen) atoms. The zero-order valence-corrected chi connectivity index (χ0v) is 10.7. The van der Waals surface area contributed by atoms with E-state index in [1.807, 2.05) is 0 Å². The molecule has 5 heteroatoms. The highest BCUT2D eigenvalue weighted by molar-refractivity contribution is 5.89. The average Bonchev–Trinajstić information content (AvgIpc) is 2.48. The number of carboxylic acid groups (broad SMARTS) is 1. The Morgan fingerprint density at radius 2 is 1.90 bits per heavy atom. The Morgan fingerprint density at radius 1 is 1.10 bits per heavy atom. The van der Waals surface area contributed by atoms with Gasteiger partial charge in [0, 0.05) is 11.6 Å². The topological polar surface area (TPSA) is 67.5 Å². The van der Waals surface area contributed by atoms with E-state index in [1.165, 1.54) is 30.3 Å². The summed E-state index contributed by atoms with van der Waals surface area (Å²) in [5.41, 5.74) is 0.429. The molecule has 0 radical (unpaired) electrons. The monoisotopic (exact) mass is 284 g/mol. The van der Waals surface area contributed by atoms with Gasteiger partial charge in [0.2, 0.25) is 0 Å². The molecule has 0 fully saturated rings. The van der Waals surface area contributed by atoms with Crippen LogP contribution in [-0.2, 0) is 0 Å². The normalized spacial score (nSPS) is 10.7. The van der Waals surface area contributed by atoms with Gasteiger partial charge in [-0.1, -0.05) is 12.1 Å². The summed E-state index contributed by atoms with van der Waals surface area (Å²) in [5.74, 6) is -1.35. The van der Waals surface area contributed by atoms with Gasteiger partial charge in [-0.15, -0.1) is 0 Å². The predicted molar refractivity (Wildman–Crippen MR) is 74.8 cm³/mol. The number of halogens is 1. The van der Waals surface area contributed by atoms with Gasteiger partial charge in [0.25, 0.3) is 0 Å². The molecule has 0 saturated heterocycles. The van der Waals surface area contributed by atoms with Crippen LogP contribution in [-0.4, -0.2) is 11.1 Å². The second kappa shape index (κ2) is 4.86. The minimum Gasteiger partial charge on any atom is -0.478 e. The van der Waals surface area contributed by atoms with Gasteiger partial charge in [0.15, 0.2) is 5.43 Å². The van der Waals surface area contributed by atoms with Gasteiger partial charge in [-0.05, 0) is 30.3 Å². The van der Waals surface area contributed by atoms with Crippen molar-refractivity contribution in [2.24, 2.45) is 0 Å². The first-order chi connectivity index (χ1) is 10.0. The number of hydrogen-bond acceptors (Lipinski definition) is 3. The standard InChI is InChI=1S/C16H9FO4/c17-11-4-5-14-12(7-11)13(18)8-15(21-14)9-2-1-3-10(6-9)16(19)20/h1-8H,(H,19,20). The van der Waals surface area contributed by atoms with Crippen LogP contribution in [0.2, 0.25) is 0 Å². The fourth-order valence-corrected chi connectivity index (χ4v) is 2.08. The Labute approximate surface area is 118 Å². The van der Waals surface area contributed by atoms with E-state index in [9.17, 15) is 14.0 Å². The fourth-order valence-electron chi connectivity index (χ4n) is 2.08. The Morgan fingerprint density at radius 3 is 2.67 bits per heavy atom. The van der Waals surface area contributed by atoms with Gasteiger partial charge in [0.05, 0.1) is 10.9 Å². The van der Waals surface area contributed by atoms with E-state index in [-0.39, 0.29) is 27.7 Å². The molecule has 0 spiro atoms. The summed E-state index contributed by atoms with van der Waals surface area (Å²) in [6, 6.07) is 11.0. The number of carboxylic acids is 1. The van der Waals surface area contributed by atoms with Crippen LogP contribution >= 0.6 is 0 Å². The van der Waals surface area contributed by atoms with E-state index in [0.717, 1.165) is 6.07 Å². The second-order valence-corrected chi connectivity index (χ2v) is 4.50. The van der Waals surface area contributed by atoms with Crippen LogP contribution in [0.15, 0.2) is 57.7 Å². The van der Waals surface area contributed by atoms with Crippen LogP contribution < -0.4 is 5.43 Å². The lowest BCUT2D eigenvalue weighted by Gasteiger charge is -2.04. The van der Waals surface area contributed by atoms with Crippen LogP contribution in [0, 0.1) is 5.82 Å². The molecule has 1 aromatic heterocycles. The maximum Gasteiger partial charge on any atom is 0.335 e. The highest BCUT2D eigenvalue weighted by Crippen LogP contribution is 2.23. The molecule has 0 bridgehead atoms. The van der Waals surface area contributed by atoms with E-state index < -0.39 is 11.8 Å².